The summed E-state index contributed by atoms with van der Waals surface area (Å²) in [5.41, 5.74) is 2.55. The highest BCUT2D eigenvalue weighted by Crippen LogP contribution is 2.34. The van der Waals surface area contributed by atoms with E-state index in [1.54, 1.807) is 30.3 Å². The van der Waals surface area contributed by atoms with E-state index < -0.39 is 47.0 Å². The Morgan fingerprint density at radius 2 is 1.71 bits per heavy atom. The normalized spacial score (nSPS) is 12.4. The van der Waals surface area contributed by atoms with Crippen LogP contribution in [0.15, 0.2) is 76.3 Å². The molecule has 1 heterocycles. The van der Waals surface area contributed by atoms with Crippen LogP contribution in [-0.4, -0.2) is 21.5 Å². The minimum atomic E-state index is -4.90. The second-order valence-electron chi connectivity index (χ2n) is 8.31. The highest BCUT2D eigenvalue weighted by molar-refractivity contribution is 6.34. The van der Waals surface area contributed by atoms with Crippen LogP contribution in [0.5, 0.6) is 5.75 Å². The Kier molecular flexibility index (Phi) is 7.70. The van der Waals surface area contributed by atoms with Crippen molar-refractivity contribution in [3.8, 4) is 17.0 Å². The molecule has 2 N–H and O–H groups in total. The molecular formula is C26H21ClF4N4O3. The fraction of sp³-hybridized carbons (Fsp3) is 0.192. The van der Waals surface area contributed by atoms with E-state index in [0.717, 1.165) is 16.7 Å². The zero-order valence-corrected chi connectivity index (χ0v) is 20.6. The molecule has 0 aliphatic rings. The summed E-state index contributed by atoms with van der Waals surface area (Å²) in [5, 5.41) is 4.03. The van der Waals surface area contributed by atoms with E-state index in [1.165, 1.54) is 25.3 Å². The average Bonchev–Trinajstić information content (AvgIpc) is 2.89. The third kappa shape index (κ3) is 5.34. The van der Waals surface area contributed by atoms with Crippen LogP contribution in [0.1, 0.15) is 22.7 Å². The number of hydrogen-bond donors (Lipinski definition) is 1. The van der Waals surface area contributed by atoms with Gasteiger partial charge in [-0.2, -0.15) is 18.3 Å². The molecule has 12 heteroatoms. The summed E-state index contributed by atoms with van der Waals surface area (Å²) in [6.07, 6.45) is -4.90. The van der Waals surface area contributed by atoms with E-state index in [9.17, 15) is 27.2 Å². The second kappa shape index (κ2) is 10.8. The van der Waals surface area contributed by atoms with Crippen LogP contribution in [0.2, 0.25) is 5.02 Å². The van der Waals surface area contributed by atoms with E-state index in [2.05, 4.69) is 5.10 Å². The standard InChI is InChI=1S/C26H21ClF4N4O3/c1-38-21-12-5-9-16(22(21)27)23-24(36)34(14-20(32)15-7-3-2-4-8-15)25(37)35(33-23)13-17-18(26(29,30)31)10-6-11-19(17)28/h2-12,20H,13-14,32H2,1H3/t20-/m0/s1. The van der Waals surface area contributed by atoms with Gasteiger partial charge in [-0.25, -0.2) is 13.9 Å². The highest BCUT2D eigenvalue weighted by Gasteiger charge is 2.35. The molecule has 0 bridgehead atoms. The van der Waals surface area contributed by atoms with Gasteiger partial charge in [0, 0.05) is 17.2 Å². The molecule has 4 rings (SSSR count). The first-order chi connectivity index (χ1) is 18.0. The lowest BCUT2D eigenvalue weighted by Crippen LogP contribution is -2.44. The molecule has 38 heavy (non-hydrogen) atoms. The first-order valence-corrected chi connectivity index (χ1v) is 11.6. The molecule has 3 aromatic carbocycles. The first kappa shape index (κ1) is 27.1. The zero-order valence-electron chi connectivity index (χ0n) is 19.9. The summed E-state index contributed by atoms with van der Waals surface area (Å²) < 4.78 is 62.1. The van der Waals surface area contributed by atoms with Crippen LogP contribution >= 0.6 is 11.6 Å². The van der Waals surface area contributed by atoms with Gasteiger partial charge in [-0.15, -0.1) is 0 Å². The maximum Gasteiger partial charge on any atom is 0.416 e. The highest BCUT2D eigenvalue weighted by atomic mass is 35.5. The van der Waals surface area contributed by atoms with Crippen molar-refractivity contribution in [3.05, 3.63) is 115 Å². The quantitative estimate of drug-likeness (QED) is 0.340. The second-order valence-corrected chi connectivity index (χ2v) is 8.69. The Balaban J connectivity index is 1.94. The summed E-state index contributed by atoms with van der Waals surface area (Å²) in [5.74, 6) is -0.989. The summed E-state index contributed by atoms with van der Waals surface area (Å²) in [4.78, 5) is 26.9. The largest absolute Gasteiger partial charge is 0.495 e. The number of nitrogens with two attached hydrogens (primary N) is 1. The molecule has 1 aromatic heterocycles. The number of benzene rings is 3. The fourth-order valence-electron chi connectivity index (χ4n) is 3.98. The molecule has 0 aliphatic carbocycles. The van der Waals surface area contributed by atoms with E-state index >= 15 is 0 Å². The van der Waals surface area contributed by atoms with Gasteiger partial charge in [0.2, 0.25) is 0 Å². The number of nitrogens with zero attached hydrogens (tertiary/aromatic N) is 3. The summed E-state index contributed by atoms with van der Waals surface area (Å²) in [6, 6.07) is 14.7. The van der Waals surface area contributed by atoms with Crippen LogP contribution < -0.4 is 21.7 Å². The lowest BCUT2D eigenvalue weighted by atomic mass is 10.1. The number of aromatic nitrogens is 3. The van der Waals surface area contributed by atoms with Crippen molar-refractivity contribution in [2.75, 3.05) is 7.11 Å². The topological polar surface area (TPSA) is 92.1 Å². The van der Waals surface area contributed by atoms with Gasteiger partial charge in [-0.1, -0.05) is 60.1 Å². The smallest absolute Gasteiger partial charge is 0.416 e. The zero-order chi connectivity index (χ0) is 27.6. The Hall–Kier alpha value is -3.96. The summed E-state index contributed by atoms with van der Waals surface area (Å²) in [6.45, 7) is -1.24. The molecule has 1 atom stereocenters. The Morgan fingerprint density at radius 1 is 1.03 bits per heavy atom. The monoisotopic (exact) mass is 548 g/mol. The number of ether oxygens (including phenoxy) is 1. The van der Waals surface area contributed by atoms with Crippen molar-refractivity contribution in [2.24, 2.45) is 5.73 Å². The molecule has 0 radical (unpaired) electrons. The van der Waals surface area contributed by atoms with Gasteiger partial charge in [0.1, 0.15) is 11.6 Å². The third-order valence-electron chi connectivity index (χ3n) is 5.90. The maximum atomic E-state index is 14.6. The third-order valence-corrected chi connectivity index (χ3v) is 6.29. The van der Waals surface area contributed by atoms with Crippen molar-refractivity contribution >= 4 is 11.6 Å². The maximum absolute atomic E-state index is 14.6. The predicted octanol–water partition coefficient (Wildman–Crippen LogP) is 4.64. The molecule has 0 amide bonds. The van der Waals surface area contributed by atoms with Gasteiger partial charge in [0.05, 0.1) is 30.8 Å². The van der Waals surface area contributed by atoms with Crippen molar-refractivity contribution in [3.63, 3.8) is 0 Å². The van der Waals surface area contributed by atoms with E-state index in [4.69, 9.17) is 22.1 Å². The molecule has 0 aliphatic heterocycles. The molecular weight excluding hydrogens is 528 g/mol. The van der Waals surface area contributed by atoms with Crippen molar-refractivity contribution in [2.45, 2.75) is 25.3 Å². The fourth-order valence-corrected chi connectivity index (χ4v) is 4.27. The number of rotatable bonds is 7. The molecule has 198 valence electrons. The minimum absolute atomic E-state index is 0.00872. The van der Waals surface area contributed by atoms with Crippen LogP contribution in [0, 0.1) is 5.82 Å². The van der Waals surface area contributed by atoms with Gasteiger partial charge in [0.15, 0.2) is 5.69 Å². The van der Waals surface area contributed by atoms with Gasteiger partial charge in [-0.3, -0.25) is 9.36 Å². The minimum Gasteiger partial charge on any atom is -0.495 e. The molecule has 0 fully saturated rings. The molecule has 0 saturated carbocycles. The Morgan fingerprint density at radius 3 is 2.37 bits per heavy atom. The lowest BCUT2D eigenvalue weighted by molar-refractivity contribution is -0.138. The van der Waals surface area contributed by atoms with Gasteiger partial charge in [-0.05, 0) is 23.8 Å². The van der Waals surface area contributed by atoms with Crippen molar-refractivity contribution < 1.29 is 22.3 Å². The van der Waals surface area contributed by atoms with Crippen LogP contribution in [0.25, 0.3) is 11.3 Å². The van der Waals surface area contributed by atoms with Gasteiger partial charge < -0.3 is 10.5 Å². The van der Waals surface area contributed by atoms with E-state index in [-0.39, 0.29) is 28.6 Å². The average molecular weight is 549 g/mol. The lowest BCUT2D eigenvalue weighted by Gasteiger charge is -2.18. The number of methoxy groups -OCH3 is 1. The van der Waals surface area contributed by atoms with Gasteiger partial charge in [0.25, 0.3) is 5.56 Å². The predicted molar refractivity (Wildman–Crippen MR) is 134 cm³/mol. The SMILES string of the molecule is COc1cccc(-c2nn(Cc3c(F)cccc3C(F)(F)F)c(=O)n(C[C@H](N)c3ccccc3)c2=O)c1Cl. The van der Waals surface area contributed by atoms with Gasteiger partial charge >= 0.3 is 11.9 Å². The van der Waals surface area contributed by atoms with Crippen LogP contribution in [0.3, 0.4) is 0 Å². The van der Waals surface area contributed by atoms with Crippen molar-refractivity contribution in [1.82, 2.24) is 14.3 Å². The summed E-state index contributed by atoms with van der Waals surface area (Å²) >= 11 is 6.40. The molecule has 4 aromatic rings. The Labute approximate surface area is 218 Å². The summed E-state index contributed by atoms with van der Waals surface area (Å²) in [7, 11) is 1.35. The van der Waals surface area contributed by atoms with E-state index in [0.29, 0.717) is 16.3 Å². The van der Waals surface area contributed by atoms with Crippen molar-refractivity contribution in [1.29, 1.82) is 0 Å². The number of hydrogen-bond acceptors (Lipinski definition) is 5. The van der Waals surface area contributed by atoms with Crippen LogP contribution in [-0.2, 0) is 19.3 Å². The molecule has 0 unspecified atom stereocenters. The Bertz CT molecular complexity index is 1590. The molecule has 0 spiro atoms. The first-order valence-electron chi connectivity index (χ1n) is 11.2. The molecule has 0 saturated heterocycles. The molecule has 7 nitrogen and oxygen atoms in total. The van der Waals surface area contributed by atoms with Crippen LogP contribution in [0.4, 0.5) is 17.6 Å². The van der Waals surface area contributed by atoms with E-state index in [1.807, 2.05) is 0 Å². The number of halogens is 5. The number of alkyl halides is 3.